The molecule has 0 bridgehead atoms. The molecule has 1 aromatic carbocycles. The lowest BCUT2D eigenvalue weighted by Crippen LogP contribution is -2.19. The third-order valence-electron chi connectivity index (χ3n) is 3.26. The predicted molar refractivity (Wildman–Crippen MR) is 69.3 cm³/mol. The number of rotatable bonds is 4. The zero-order chi connectivity index (χ0) is 16.0. The van der Waals surface area contributed by atoms with Gasteiger partial charge in [0.1, 0.15) is 4.90 Å². The van der Waals surface area contributed by atoms with Gasteiger partial charge < -0.3 is 5.11 Å². The van der Waals surface area contributed by atoms with E-state index in [1.54, 1.807) is 4.90 Å². The van der Waals surface area contributed by atoms with E-state index in [1.165, 1.54) is 0 Å². The number of hydrogen-bond donors (Lipinski definition) is 1. The summed E-state index contributed by atoms with van der Waals surface area (Å²) in [6.45, 7) is 1.34. The van der Waals surface area contributed by atoms with Crippen LogP contribution in [-0.4, -0.2) is 29.1 Å². The molecule has 0 aromatic heterocycles. The Balaban J connectivity index is 2.47. The zero-order valence-corrected chi connectivity index (χ0v) is 11.7. The number of likely N-dealkylation sites (tertiary alicyclic amines) is 1. The van der Waals surface area contributed by atoms with Gasteiger partial charge in [-0.3, -0.25) is 4.90 Å². The molecule has 0 spiro atoms. The van der Waals surface area contributed by atoms with Gasteiger partial charge in [0.05, 0.1) is 5.56 Å². The van der Waals surface area contributed by atoms with Crippen LogP contribution in [0.15, 0.2) is 23.1 Å². The third-order valence-corrected chi connectivity index (χ3v) is 4.39. The summed E-state index contributed by atoms with van der Waals surface area (Å²) in [7, 11) is -9.89. The molecular formula is C12H14F5NO2S. The van der Waals surface area contributed by atoms with Gasteiger partial charge in [0.2, 0.25) is 0 Å². The maximum absolute atomic E-state index is 12.9. The van der Waals surface area contributed by atoms with E-state index in [4.69, 9.17) is 5.11 Å². The molecule has 2 rings (SSSR count). The highest BCUT2D eigenvalue weighted by Crippen LogP contribution is 3.02. The second-order valence-corrected chi connectivity index (χ2v) is 7.53. The topological polar surface area (TPSA) is 40.5 Å². The van der Waals surface area contributed by atoms with Crippen LogP contribution < -0.4 is 0 Å². The number of aromatic carboxylic acids is 1. The molecule has 0 aliphatic carbocycles. The minimum Gasteiger partial charge on any atom is -0.478 e. The number of carboxylic acids is 1. The average molecular weight is 331 g/mol. The summed E-state index contributed by atoms with van der Waals surface area (Å²) in [4.78, 5) is 10.5. The van der Waals surface area contributed by atoms with E-state index in [2.05, 4.69) is 0 Å². The molecule has 1 N–H and O–H groups in total. The van der Waals surface area contributed by atoms with E-state index < -0.39 is 26.7 Å². The normalized spacial score (nSPS) is 20.0. The van der Waals surface area contributed by atoms with E-state index in [0.717, 1.165) is 18.9 Å². The summed E-state index contributed by atoms with van der Waals surface area (Å²) in [5.74, 6) is -1.67. The van der Waals surface area contributed by atoms with Crippen molar-refractivity contribution in [2.75, 3.05) is 13.1 Å². The van der Waals surface area contributed by atoms with Crippen LogP contribution in [0.1, 0.15) is 28.8 Å². The van der Waals surface area contributed by atoms with Crippen molar-refractivity contribution < 1.29 is 29.3 Å². The first-order chi connectivity index (χ1) is 9.35. The Kier molecular flexibility index (Phi) is 3.30. The molecule has 1 fully saturated rings. The monoisotopic (exact) mass is 331 g/mol. The van der Waals surface area contributed by atoms with E-state index in [-0.39, 0.29) is 18.2 Å². The highest BCUT2D eigenvalue weighted by atomic mass is 32.5. The van der Waals surface area contributed by atoms with Gasteiger partial charge in [0.15, 0.2) is 0 Å². The largest absolute Gasteiger partial charge is 0.478 e. The van der Waals surface area contributed by atoms with E-state index in [0.29, 0.717) is 19.2 Å². The van der Waals surface area contributed by atoms with Crippen molar-refractivity contribution in [1.29, 1.82) is 0 Å². The van der Waals surface area contributed by atoms with Crippen molar-refractivity contribution in [3.05, 3.63) is 29.3 Å². The number of carbonyl (C=O) groups is 1. The van der Waals surface area contributed by atoms with Crippen LogP contribution in [-0.2, 0) is 6.54 Å². The SMILES string of the molecule is O=C(O)c1cc(CN2CCCC2)cc(S(F)(F)(F)(F)F)c1. The average Bonchev–Trinajstić information content (AvgIpc) is 2.78. The van der Waals surface area contributed by atoms with Crippen molar-refractivity contribution in [2.24, 2.45) is 0 Å². The van der Waals surface area contributed by atoms with E-state index in [1.807, 2.05) is 0 Å². The number of benzene rings is 1. The molecule has 0 radical (unpaired) electrons. The lowest BCUT2D eigenvalue weighted by atomic mass is 10.1. The summed E-state index contributed by atoms with van der Waals surface area (Å²) in [5, 5.41) is 8.82. The molecule has 0 atom stereocenters. The van der Waals surface area contributed by atoms with Crippen molar-refractivity contribution in [3.63, 3.8) is 0 Å². The molecule has 0 amide bonds. The molecule has 0 unspecified atom stereocenters. The zero-order valence-electron chi connectivity index (χ0n) is 10.9. The fourth-order valence-corrected chi connectivity index (χ4v) is 3.02. The quantitative estimate of drug-likeness (QED) is 0.817. The first kappa shape index (κ1) is 16.0. The molecule has 1 heterocycles. The van der Waals surface area contributed by atoms with Gasteiger partial charge >= 0.3 is 16.2 Å². The smallest absolute Gasteiger partial charge is 0.335 e. The second kappa shape index (κ2) is 4.33. The molecule has 21 heavy (non-hydrogen) atoms. The Morgan fingerprint density at radius 3 is 2.14 bits per heavy atom. The lowest BCUT2D eigenvalue weighted by Gasteiger charge is -2.41. The standard InChI is InChI=1S/C12H14F5NO2S/c13-21(14,15,16,17)11-6-9(5-10(7-11)12(19)20)8-18-3-1-2-4-18/h5-7H,1-4,8H2,(H,19,20). The van der Waals surface area contributed by atoms with Gasteiger partial charge in [0.25, 0.3) is 0 Å². The lowest BCUT2D eigenvalue weighted by molar-refractivity contribution is 0.0696. The Morgan fingerprint density at radius 2 is 1.67 bits per heavy atom. The summed E-state index contributed by atoms with van der Waals surface area (Å²) >= 11 is 0. The number of nitrogens with zero attached hydrogens (tertiary/aromatic N) is 1. The summed E-state index contributed by atoms with van der Waals surface area (Å²) < 4.78 is 64.4. The first-order valence-corrected chi connectivity index (χ1v) is 8.14. The third kappa shape index (κ3) is 4.07. The highest BCUT2D eigenvalue weighted by molar-refractivity contribution is 8.45. The molecule has 3 nitrogen and oxygen atoms in total. The molecule has 1 aliphatic rings. The Labute approximate surface area is 118 Å². The fraction of sp³-hybridized carbons (Fsp3) is 0.417. The fourth-order valence-electron chi connectivity index (χ4n) is 2.30. The minimum absolute atomic E-state index is 0.00261. The number of carboxylic acid groups (broad SMARTS) is 1. The maximum Gasteiger partial charge on any atom is 0.335 e. The van der Waals surface area contributed by atoms with E-state index >= 15 is 0 Å². The Bertz CT molecular complexity index is 581. The van der Waals surface area contributed by atoms with E-state index in [9.17, 15) is 24.2 Å². The van der Waals surface area contributed by atoms with Crippen LogP contribution in [0.5, 0.6) is 0 Å². The molecule has 1 aromatic rings. The van der Waals surface area contributed by atoms with Crippen LogP contribution in [0.4, 0.5) is 19.4 Å². The molecular weight excluding hydrogens is 317 g/mol. The van der Waals surface area contributed by atoms with Crippen LogP contribution in [0.25, 0.3) is 0 Å². The summed E-state index contributed by atoms with van der Waals surface area (Å²) in [6, 6.07) is 1.36. The van der Waals surface area contributed by atoms with Crippen LogP contribution in [0.2, 0.25) is 0 Å². The van der Waals surface area contributed by atoms with Gasteiger partial charge in [-0.15, -0.1) is 0 Å². The van der Waals surface area contributed by atoms with Crippen LogP contribution in [0, 0.1) is 0 Å². The van der Waals surface area contributed by atoms with Gasteiger partial charge in [0, 0.05) is 6.54 Å². The summed E-state index contributed by atoms with van der Waals surface area (Å²) in [5.41, 5.74) is -0.852. The molecule has 1 saturated heterocycles. The van der Waals surface area contributed by atoms with Gasteiger partial charge in [-0.1, -0.05) is 19.4 Å². The van der Waals surface area contributed by atoms with Gasteiger partial charge in [-0.25, -0.2) is 4.79 Å². The molecule has 120 valence electrons. The van der Waals surface area contributed by atoms with Crippen LogP contribution >= 0.6 is 10.2 Å². The van der Waals surface area contributed by atoms with Gasteiger partial charge in [-0.2, -0.15) is 0 Å². The van der Waals surface area contributed by atoms with Crippen molar-refractivity contribution in [3.8, 4) is 0 Å². The first-order valence-electron chi connectivity index (χ1n) is 6.19. The predicted octanol–water partition coefficient (Wildman–Crippen LogP) is 4.64. The Hall–Kier alpha value is -1.35. The van der Waals surface area contributed by atoms with Crippen molar-refractivity contribution >= 4 is 16.2 Å². The number of hydrogen-bond acceptors (Lipinski definition) is 2. The second-order valence-electron chi connectivity index (χ2n) is 5.12. The van der Waals surface area contributed by atoms with Crippen LogP contribution in [0.3, 0.4) is 0 Å². The molecule has 0 saturated carbocycles. The molecule has 1 aliphatic heterocycles. The Morgan fingerprint density at radius 1 is 1.10 bits per heavy atom. The molecule has 9 heteroatoms. The minimum atomic E-state index is -9.89. The maximum atomic E-state index is 12.9. The van der Waals surface area contributed by atoms with Crippen molar-refractivity contribution in [2.45, 2.75) is 24.3 Å². The summed E-state index contributed by atoms with van der Waals surface area (Å²) in [6.07, 6.45) is 1.76. The highest BCUT2D eigenvalue weighted by Gasteiger charge is 2.65. The number of halogens is 5. The van der Waals surface area contributed by atoms with Gasteiger partial charge in [-0.05, 0) is 49.7 Å². The van der Waals surface area contributed by atoms with Crippen molar-refractivity contribution in [1.82, 2.24) is 4.90 Å².